The number of ether oxygens (including phenoxy) is 1. The van der Waals surface area contributed by atoms with E-state index in [0.29, 0.717) is 11.3 Å². The van der Waals surface area contributed by atoms with Crippen LogP contribution in [0.15, 0.2) is 12.1 Å². The number of pyridine rings is 1. The maximum absolute atomic E-state index is 11.5. The third kappa shape index (κ3) is 4.19. The van der Waals surface area contributed by atoms with Crippen molar-refractivity contribution in [2.45, 2.75) is 46.0 Å². The summed E-state index contributed by atoms with van der Waals surface area (Å²) in [5, 5.41) is 3.41. The molecule has 1 heterocycles. The highest BCUT2D eigenvalue weighted by Crippen LogP contribution is 2.30. The van der Waals surface area contributed by atoms with Crippen molar-refractivity contribution in [3.8, 4) is 0 Å². The quantitative estimate of drug-likeness (QED) is 0.838. The van der Waals surface area contributed by atoms with Crippen LogP contribution < -0.4 is 5.32 Å². The first kappa shape index (κ1) is 15.8. The molecule has 0 unspecified atom stereocenters. The molecule has 0 bridgehead atoms. The third-order valence-corrected chi connectivity index (χ3v) is 4.61. The van der Waals surface area contributed by atoms with Crippen molar-refractivity contribution >= 4 is 11.8 Å². The number of nitrogens with one attached hydrogen (secondary N) is 1. The summed E-state index contributed by atoms with van der Waals surface area (Å²) in [5.74, 6) is 2.19. The van der Waals surface area contributed by atoms with Crippen LogP contribution in [-0.2, 0) is 4.74 Å². The fraction of sp³-hybridized carbons (Fsp3) is 0.647. The molecule has 1 aromatic heterocycles. The maximum Gasteiger partial charge on any atom is 0.339 e. The van der Waals surface area contributed by atoms with Gasteiger partial charge in [-0.1, -0.05) is 26.2 Å². The molecule has 0 aliphatic heterocycles. The van der Waals surface area contributed by atoms with Crippen LogP contribution in [0.3, 0.4) is 0 Å². The molecule has 0 saturated heterocycles. The number of esters is 1. The SMILES string of the molecule is CCC1CCC(CNc2ccc(C(=O)OC)c(C)n2)CC1. The number of methoxy groups -OCH3 is 1. The Kier molecular flexibility index (Phi) is 5.59. The van der Waals surface area contributed by atoms with E-state index in [2.05, 4.69) is 17.2 Å². The molecule has 1 aromatic rings. The molecule has 1 aliphatic carbocycles. The lowest BCUT2D eigenvalue weighted by molar-refractivity contribution is 0.0599. The summed E-state index contributed by atoms with van der Waals surface area (Å²) in [6.07, 6.45) is 6.65. The summed E-state index contributed by atoms with van der Waals surface area (Å²) in [7, 11) is 1.39. The first-order chi connectivity index (χ1) is 10.1. The predicted octanol–water partition coefficient (Wildman–Crippen LogP) is 3.80. The highest BCUT2D eigenvalue weighted by molar-refractivity contribution is 5.90. The van der Waals surface area contributed by atoms with Crippen molar-refractivity contribution in [1.29, 1.82) is 0 Å². The van der Waals surface area contributed by atoms with Gasteiger partial charge in [-0.3, -0.25) is 0 Å². The Balaban J connectivity index is 1.86. The molecule has 0 atom stereocenters. The number of aryl methyl sites for hydroxylation is 1. The van der Waals surface area contributed by atoms with Crippen molar-refractivity contribution < 1.29 is 9.53 Å². The van der Waals surface area contributed by atoms with Crippen LogP contribution in [0.1, 0.15) is 55.1 Å². The highest BCUT2D eigenvalue weighted by atomic mass is 16.5. The van der Waals surface area contributed by atoms with Gasteiger partial charge in [0.1, 0.15) is 5.82 Å². The van der Waals surface area contributed by atoms with Crippen LogP contribution in [0.25, 0.3) is 0 Å². The molecule has 4 heteroatoms. The van der Waals surface area contributed by atoms with E-state index in [4.69, 9.17) is 4.74 Å². The summed E-state index contributed by atoms with van der Waals surface area (Å²) in [5.41, 5.74) is 1.24. The van der Waals surface area contributed by atoms with Gasteiger partial charge in [-0.15, -0.1) is 0 Å². The molecule has 0 radical (unpaired) electrons. The van der Waals surface area contributed by atoms with Crippen molar-refractivity contribution in [1.82, 2.24) is 4.98 Å². The Bertz CT molecular complexity index is 480. The fourth-order valence-electron chi connectivity index (χ4n) is 3.08. The summed E-state index contributed by atoms with van der Waals surface area (Å²) in [6, 6.07) is 3.64. The average Bonchev–Trinajstić information content (AvgIpc) is 2.52. The molecular weight excluding hydrogens is 264 g/mol. The summed E-state index contributed by atoms with van der Waals surface area (Å²) in [4.78, 5) is 16.0. The van der Waals surface area contributed by atoms with Gasteiger partial charge in [0.05, 0.1) is 18.4 Å². The van der Waals surface area contributed by atoms with Crippen LogP contribution in [0.2, 0.25) is 0 Å². The lowest BCUT2D eigenvalue weighted by atomic mass is 9.81. The van der Waals surface area contributed by atoms with E-state index in [1.165, 1.54) is 39.2 Å². The zero-order valence-electron chi connectivity index (χ0n) is 13.3. The second kappa shape index (κ2) is 7.43. The third-order valence-electron chi connectivity index (χ3n) is 4.61. The van der Waals surface area contributed by atoms with Gasteiger partial charge in [0, 0.05) is 6.54 Å². The van der Waals surface area contributed by atoms with Crippen LogP contribution in [0, 0.1) is 18.8 Å². The number of hydrogen-bond acceptors (Lipinski definition) is 4. The second-order valence-electron chi connectivity index (χ2n) is 6.00. The molecule has 1 saturated carbocycles. The maximum atomic E-state index is 11.5. The highest BCUT2D eigenvalue weighted by Gasteiger charge is 2.20. The van der Waals surface area contributed by atoms with Crippen molar-refractivity contribution in [3.05, 3.63) is 23.4 Å². The average molecular weight is 290 g/mol. The first-order valence-electron chi connectivity index (χ1n) is 7.93. The Hall–Kier alpha value is -1.58. The van der Waals surface area contributed by atoms with Crippen LogP contribution in [-0.4, -0.2) is 24.6 Å². The monoisotopic (exact) mass is 290 g/mol. The van der Waals surface area contributed by atoms with E-state index in [-0.39, 0.29) is 5.97 Å². The van der Waals surface area contributed by atoms with Crippen molar-refractivity contribution in [3.63, 3.8) is 0 Å². The lowest BCUT2D eigenvalue weighted by Gasteiger charge is -2.28. The van der Waals surface area contributed by atoms with Crippen molar-refractivity contribution in [2.75, 3.05) is 19.0 Å². The van der Waals surface area contributed by atoms with Gasteiger partial charge in [0.25, 0.3) is 0 Å². The van der Waals surface area contributed by atoms with E-state index >= 15 is 0 Å². The van der Waals surface area contributed by atoms with E-state index < -0.39 is 0 Å². The number of rotatable bonds is 5. The lowest BCUT2D eigenvalue weighted by Crippen LogP contribution is -2.21. The Morgan fingerprint density at radius 2 is 1.95 bits per heavy atom. The number of hydrogen-bond donors (Lipinski definition) is 1. The predicted molar refractivity (Wildman–Crippen MR) is 84.5 cm³/mol. The van der Waals surface area contributed by atoms with Gasteiger partial charge in [0.15, 0.2) is 0 Å². The van der Waals surface area contributed by atoms with Crippen LogP contribution in [0.4, 0.5) is 5.82 Å². The van der Waals surface area contributed by atoms with Gasteiger partial charge in [0.2, 0.25) is 0 Å². The summed E-state index contributed by atoms with van der Waals surface area (Å²) in [6.45, 7) is 5.10. The van der Waals surface area contributed by atoms with Gasteiger partial charge < -0.3 is 10.1 Å². The first-order valence-corrected chi connectivity index (χ1v) is 7.93. The van der Waals surface area contributed by atoms with Gasteiger partial charge in [-0.2, -0.15) is 0 Å². The van der Waals surface area contributed by atoms with E-state index in [1.807, 2.05) is 13.0 Å². The molecule has 2 rings (SSSR count). The van der Waals surface area contributed by atoms with E-state index in [1.54, 1.807) is 6.07 Å². The number of carbonyl (C=O) groups is 1. The molecule has 0 spiro atoms. The number of aromatic nitrogens is 1. The molecule has 1 aliphatic rings. The molecule has 0 amide bonds. The van der Waals surface area contributed by atoms with Gasteiger partial charge >= 0.3 is 5.97 Å². The topological polar surface area (TPSA) is 51.2 Å². The summed E-state index contributed by atoms with van der Waals surface area (Å²) < 4.78 is 4.73. The standard InChI is InChI=1S/C17H26N2O2/c1-4-13-5-7-14(8-6-13)11-18-16-10-9-15(12(2)19-16)17(20)21-3/h9-10,13-14H,4-8,11H2,1-3H3,(H,18,19). The van der Waals surface area contributed by atoms with Crippen LogP contribution >= 0.6 is 0 Å². The minimum absolute atomic E-state index is 0.329. The Morgan fingerprint density at radius 3 is 2.52 bits per heavy atom. The van der Waals surface area contributed by atoms with Gasteiger partial charge in [-0.25, -0.2) is 9.78 Å². The second-order valence-corrected chi connectivity index (χ2v) is 6.00. The zero-order valence-corrected chi connectivity index (χ0v) is 13.3. The summed E-state index contributed by atoms with van der Waals surface area (Å²) >= 11 is 0. The zero-order chi connectivity index (χ0) is 15.2. The number of carbonyl (C=O) groups excluding carboxylic acids is 1. The minimum atomic E-state index is -0.329. The smallest absolute Gasteiger partial charge is 0.339 e. The minimum Gasteiger partial charge on any atom is -0.465 e. The van der Waals surface area contributed by atoms with E-state index in [0.717, 1.165) is 24.2 Å². The molecule has 116 valence electrons. The van der Waals surface area contributed by atoms with Crippen LogP contribution in [0.5, 0.6) is 0 Å². The molecular formula is C17H26N2O2. The molecule has 21 heavy (non-hydrogen) atoms. The molecule has 4 nitrogen and oxygen atoms in total. The van der Waals surface area contributed by atoms with E-state index in [9.17, 15) is 4.79 Å². The largest absolute Gasteiger partial charge is 0.465 e. The normalized spacial score (nSPS) is 21.9. The molecule has 1 N–H and O–H groups in total. The Labute approximate surface area is 127 Å². The Morgan fingerprint density at radius 1 is 1.29 bits per heavy atom. The molecule has 1 fully saturated rings. The number of nitrogens with zero attached hydrogens (tertiary/aromatic N) is 1. The number of anilines is 1. The van der Waals surface area contributed by atoms with Gasteiger partial charge in [-0.05, 0) is 43.7 Å². The fourth-order valence-corrected chi connectivity index (χ4v) is 3.08. The molecule has 0 aromatic carbocycles. The van der Waals surface area contributed by atoms with Crippen molar-refractivity contribution in [2.24, 2.45) is 11.8 Å².